The van der Waals surface area contributed by atoms with Gasteiger partial charge in [-0.2, -0.15) is 0 Å². The van der Waals surface area contributed by atoms with Crippen LogP contribution >= 0.6 is 0 Å². The maximum Gasteiger partial charge on any atom is 0.163 e. The van der Waals surface area contributed by atoms with Gasteiger partial charge in [0.2, 0.25) is 0 Å². The summed E-state index contributed by atoms with van der Waals surface area (Å²) in [4.78, 5) is 25.0. The molecule has 2 N–H and O–H groups in total. The highest BCUT2D eigenvalue weighted by atomic mass is 16.5. The third-order valence-corrected chi connectivity index (χ3v) is 5.82. The van der Waals surface area contributed by atoms with Crippen LogP contribution in [0.1, 0.15) is 42.1 Å². The van der Waals surface area contributed by atoms with E-state index in [2.05, 4.69) is 36.5 Å². The summed E-state index contributed by atoms with van der Waals surface area (Å²) >= 11 is 0. The van der Waals surface area contributed by atoms with Crippen molar-refractivity contribution in [3.8, 4) is 11.1 Å². The number of ether oxygens (including phenoxy) is 1. The van der Waals surface area contributed by atoms with Gasteiger partial charge in [0.05, 0.1) is 0 Å². The van der Waals surface area contributed by atoms with Crippen LogP contribution in [0, 0.1) is 5.92 Å². The molecule has 3 rings (SSSR count). The highest BCUT2D eigenvalue weighted by molar-refractivity contribution is 5.99. The van der Waals surface area contributed by atoms with Crippen LogP contribution in [-0.2, 0) is 16.0 Å². The van der Waals surface area contributed by atoms with Crippen molar-refractivity contribution in [2.75, 3.05) is 26.4 Å². The molecule has 0 unspecified atom stereocenters. The molecule has 5 heteroatoms. The zero-order valence-corrected chi connectivity index (χ0v) is 17.6. The second-order valence-electron chi connectivity index (χ2n) is 7.87. The lowest BCUT2D eigenvalue weighted by atomic mass is 9.93. The molecule has 1 aliphatic heterocycles. The van der Waals surface area contributed by atoms with Gasteiger partial charge in [0.25, 0.3) is 0 Å². The topological polar surface area (TPSA) is 75.6 Å². The van der Waals surface area contributed by atoms with E-state index in [0.29, 0.717) is 31.4 Å². The van der Waals surface area contributed by atoms with Crippen molar-refractivity contribution in [2.45, 2.75) is 38.6 Å². The number of Topliss-reactive ketones (excluding diaryl/α,β-unsaturated/α-hetero) is 2. The number of ketones is 2. The summed E-state index contributed by atoms with van der Waals surface area (Å²) in [7, 11) is 0. The number of hydrogen-bond donors (Lipinski definition) is 2. The number of rotatable bonds is 10. The summed E-state index contributed by atoms with van der Waals surface area (Å²) in [6.45, 7) is 3.41. The summed E-state index contributed by atoms with van der Waals surface area (Å²) in [5, 5.41) is 12.7. The van der Waals surface area contributed by atoms with Gasteiger partial charge in [0, 0.05) is 43.7 Å². The number of carbonyl (C=O) groups is 2. The lowest BCUT2D eigenvalue weighted by Gasteiger charge is -2.25. The van der Waals surface area contributed by atoms with Gasteiger partial charge >= 0.3 is 0 Å². The standard InChI is InChI=1S/C25H31NO4/c1-2-18-3-5-19(6-4-18)20-7-9-21(10-8-20)24(28)15-22(25(29)17-27)16-26-23-11-13-30-14-12-23/h3-10,22-23,26-27H,2,11-17H2,1H3/t22-/m0/s1. The molecular formula is C25H31NO4. The maximum absolute atomic E-state index is 12.8. The van der Waals surface area contributed by atoms with Crippen LogP contribution in [0.15, 0.2) is 48.5 Å². The Hall–Kier alpha value is -2.34. The van der Waals surface area contributed by atoms with Crippen molar-refractivity contribution < 1.29 is 19.4 Å². The van der Waals surface area contributed by atoms with E-state index in [1.807, 2.05) is 24.3 Å². The normalized spacial score (nSPS) is 15.7. The van der Waals surface area contributed by atoms with Crippen molar-refractivity contribution >= 4 is 11.6 Å². The van der Waals surface area contributed by atoms with Crippen LogP contribution in [0.25, 0.3) is 11.1 Å². The number of aliphatic hydroxyl groups excluding tert-OH is 1. The minimum absolute atomic E-state index is 0.0801. The largest absolute Gasteiger partial charge is 0.389 e. The summed E-state index contributed by atoms with van der Waals surface area (Å²) in [5.74, 6) is -0.898. The van der Waals surface area contributed by atoms with Crippen molar-refractivity contribution in [3.63, 3.8) is 0 Å². The zero-order chi connectivity index (χ0) is 21.3. The molecule has 5 nitrogen and oxygen atoms in total. The monoisotopic (exact) mass is 409 g/mol. The van der Waals surface area contributed by atoms with Crippen LogP contribution in [-0.4, -0.2) is 49.1 Å². The first-order valence-corrected chi connectivity index (χ1v) is 10.8. The number of aryl methyl sites for hydroxylation is 1. The number of nitrogens with one attached hydrogen (secondary N) is 1. The van der Waals surface area contributed by atoms with Gasteiger partial charge in [-0.3, -0.25) is 9.59 Å². The highest BCUT2D eigenvalue weighted by Crippen LogP contribution is 2.22. The molecule has 0 saturated carbocycles. The lowest BCUT2D eigenvalue weighted by Crippen LogP contribution is -2.40. The molecule has 30 heavy (non-hydrogen) atoms. The molecule has 1 heterocycles. The van der Waals surface area contributed by atoms with Gasteiger partial charge in [-0.05, 0) is 36.0 Å². The van der Waals surface area contributed by atoms with E-state index in [-0.39, 0.29) is 18.0 Å². The summed E-state index contributed by atoms with van der Waals surface area (Å²) < 4.78 is 5.35. The smallest absolute Gasteiger partial charge is 0.163 e. The third-order valence-electron chi connectivity index (χ3n) is 5.82. The van der Waals surface area contributed by atoms with Crippen LogP contribution in [0.4, 0.5) is 0 Å². The molecule has 1 aliphatic rings. The predicted molar refractivity (Wildman–Crippen MR) is 118 cm³/mol. The molecule has 0 radical (unpaired) electrons. The van der Waals surface area contributed by atoms with Crippen molar-refractivity contribution in [3.05, 3.63) is 59.7 Å². The third kappa shape index (κ3) is 6.08. The molecule has 1 atom stereocenters. The fraction of sp³-hybridized carbons (Fsp3) is 0.440. The average Bonchev–Trinajstić information content (AvgIpc) is 2.82. The SMILES string of the molecule is CCc1ccc(-c2ccc(C(=O)C[C@@H](CNC3CCOCC3)C(=O)CO)cc2)cc1. The molecule has 0 amide bonds. The first-order chi connectivity index (χ1) is 14.6. The fourth-order valence-electron chi connectivity index (χ4n) is 3.76. The highest BCUT2D eigenvalue weighted by Gasteiger charge is 2.23. The van der Waals surface area contributed by atoms with E-state index >= 15 is 0 Å². The van der Waals surface area contributed by atoms with E-state index in [1.54, 1.807) is 0 Å². The van der Waals surface area contributed by atoms with E-state index in [4.69, 9.17) is 4.74 Å². The van der Waals surface area contributed by atoms with Gasteiger partial charge < -0.3 is 15.2 Å². The van der Waals surface area contributed by atoms with Crippen molar-refractivity contribution in [1.29, 1.82) is 0 Å². The molecule has 1 fully saturated rings. The Bertz CT molecular complexity index is 823. The summed E-state index contributed by atoms with van der Waals surface area (Å²) in [6, 6.07) is 16.2. The van der Waals surface area contributed by atoms with Crippen LogP contribution in [0.5, 0.6) is 0 Å². The van der Waals surface area contributed by atoms with Gasteiger partial charge in [0.15, 0.2) is 11.6 Å². The number of benzene rings is 2. The van der Waals surface area contributed by atoms with E-state index in [1.165, 1.54) is 5.56 Å². The van der Waals surface area contributed by atoms with Gasteiger partial charge in [-0.15, -0.1) is 0 Å². The fourth-order valence-corrected chi connectivity index (χ4v) is 3.76. The Morgan fingerprint density at radius 1 is 1.03 bits per heavy atom. The van der Waals surface area contributed by atoms with Gasteiger partial charge in [-0.1, -0.05) is 55.5 Å². The molecule has 0 aromatic heterocycles. The molecule has 2 aromatic rings. The van der Waals surface area contributed by atoms with E-state index in [9.17, 15) is 14.7 Å². The van der Waals surface area contributed by atoms with E-state index in [0.717, 1.165) is 30.4 Å². The van der Waals surface area contributed by atoms with Crippen molar-refractivity contribution in [2.24, 2.45) is 5.92 Å². The van der Waals surface area contributed by atoms with Crippen molar-refractivity contribution in [1.82, 2.24) is 5.32 Å². The first-order valence-electron chi connectivity index (χ1n) is 10.8. The predicted octanol–water partition coefficient (Wildman–Crippen LogP) is 3.44. The quantitative estimate of drug-likeness (QED) is 0.588. The van der Waals surface area contributed by atoms with Crippen LogP contribution < -0.4 is 5.32 Å². The molecular weight excluding hydrogens is 378 g/mol. The molecule has 0 bridgehead atoms. The molecule has 0 aliphatic carbocycles. The Kier molecular flexibility index (Phi) is 8.31. The first kappa shape index (κ1) is 22.3. The number of carbonyl (C=O) groups excluding carboxylic acids is 2. The summed E-state index contributed by atoms with van der Waals surface area (Å²) in [6.07, 6.45) is 2.90. The summed E-state index contributed by atoms with van der Waals surface area (Å²) in [5.41, 5.74) is 4.05. The molecule has 2 aromatic carbocycles. The zero-order valence-electron chi connectivity index (χ0n) is 17.6. The minimum Gasteiger partial charge on any atom is -0.389 e. The van der Waals surface area contributed by atoms with Crippen LogP contribution in [0.2, 0.25) is 0 Å². The van der Waals surface area contributed by atoms with E-state index < -0.39 is 12.5 Å². The Labute approximate surface area is 178 Å². The second kappa shape index (κ2) is 11.2. The second-order valence-corrected chi connectivity index (χ2v) is 7.87. The Morgan fingerprint density at radius 3 is 2.20 bits per heavy atom. The van der Waals surface area contributed by atoms with Gasteiger partial charge in [0.1, 0.15) is 6.61 Å². The number of aliphatic hydroxyl groups is 1. The maximum atomic E-state index is 12.8. The molecule has 160 valence electrons. The Morgan fingerprint density at radius 2 is 1.63 bits per heavy atom. The van der Waals surface area contributed by atoms with Gasteiger partial charge in [-0.25, -0.2) is 0 Å². The molecule has 1 saturated heterocycles. The lowest BCUT2D eigenvalue weighted by molar-refractivity contribution is -0.125. The van der Waals surface area contributed by atoms with Crippen LogP contribution in [0.3, 0.4) is 0 Å². The minimum atomic E-state index is -0.542. The number of hydrogen-bond acceptors (Lipinski definition) is 5. The average molecular weight is 410 g/mol. The molecule has 0 spiro atoms. The Balaban J connectivity index is 1.61.